The Bertz CT molecular complexity index is 736. The summed E-state index contributed by atoms with van der Waals surface area (Å²) in [5, 5.41) is 0. The van der Waals surface area contributed by atoms with Crippen LogP contribution in [0.15, 0.2) is 60.7 Å². The second-order valence-electron chi connectivity index (χ2n) is 7.42. The van der Waals surface area contributed by atoms with Crippen LogP contribution in [0.2, 0.25) is 0 Å². The minimum absolute atomic E-state index is 0.237. The highest BCUT2D eigenvalue weighted by Crippen LogP contribution is 2.29. The minimum atomic E-state index is -0.341. The van der Waals surface area contributed by atoms with E-state index in [-0.39, 0.29) is 24.6 Å². The van der Waals surface area contributed by atoms with Gasteiger partial charge in [-0.2, -0.15) is 0 Å². The normalized spacial score (nSPS) is 15.6. The van der Waals surface area contributed by atoms with Crippen molar-refractivity contribution in [3.8, 4) is 0 Å². The van der Waals surface area contributed by atoms with Crippen molar-refractivity contribution in [2.75, 3.05) is 6.61 Å². The van der Waals surface area contributed by atoms with Crippen molar-refractivity contribution in [2.45, 2.75) is 51.0 Å². The van der Waals surface area contributed by atoms with Crippen LogP contribution in [0, 0.1) is 5.92 Å². The summed E-state index contributed by atoms with van der Waals surface area (Å²) in [7, 11) is 0. The van der Waals surface area contributed by atoms with E-state index in [1.54, 1.807) is 24.3 Å². The van der Waals surface area contributed by atoms with Gasteiger partial charge in [0.1, 0.15) is 6.10 Å². The second kappa shape index (κ2) is 10.6. The predicted octanol–water partition coefficient (Wildman–Crippen LogP) is 5.43. The first-order chi connectivity index (χ1) is 13.7. The molecule has 28 heavy (non-hydrogen) atoms. The van der Waals surface area contributed by atoms with Crippen molar-refractivity contribution >= 4 is 11.9 Å². The number of rotatable bonds is 8. The summed E-state index contributed by atoms with van der Waals surface area (Å²) in [6.45, 7) is 0.243. The molecule has 4 nitrogen and oxygen atoms in total. The van der Waals surface area contributed by atoms with Crippen LogP contribution in [-0.4, -0.2) is 24.6 Å². The summed E-state index contributed by atoms with van der Waals surface area (Å²) >= 11 is 0. The van der Waals surface area contributed by atoms with E-state index in [2.05, 4.69) is 0 Å². The SMILES string of the molecule is O=C(OCCC(CC1CCCCC1)OC(=O)c1ccccc1)c1ccccc1. The lowest BCUT2D eigenvalue weighted by atomic mass is 9.85. The lowest BCUT2D eigenvalue weighted by Crippen LogP contribution is -2.25. The molecule has 0 aliphatic heterocycles. The van der Waals surface area contributed by atoms with Gasteiger partial charge in [-0.05, 0) is 36.6 Å². The Morgan fingerprint density at radius 3 is 2.00 bits per heavy atom. The van der Waals surface area contributed by atoms with Crippen LogP contribution in [0.1, 0.15) is 65.7 Å². The van der Waals surface area contributed by atoms with E-state index in [1.165, 1.54) is 32.1 Å². The number of ether oxygens (including phenoxy) is 2. The maximum Gasteiger partial charge on any atom is 0.338 e. The fraction of sp³-hybridized carbons (Fsp3) is 0.417. The van der Waals surface area contributed by atoms with Gasteiger partial charge in [-0.3, -0.25) is 0 Å². The van der Waals surface area contributed by atoms with Crippen molar-refractivity contribution in [1.29, 1.82) is 0 Å². The van der Waals surface area contributed by atoms with Crippen LogP contribution in [0.5, 0.6) is 0 Å². The summed E-state index contributed by atoms with van der Waals surface area (Å²) in [6, 6.07) is 18.0. The maximum atomic E-state index is 12.5. The van der Waals surface area contributed by atoms with Gasteiger partial charge >= 0.3 is 11.9 Å². The van der Waals surface area contributed by atoms with E-state index in [4.69, 9.17) is 9.47 Å². The van der Waals surface area contributed by atoms with E-state index in [0.29, 0.717) is 23.5 Å². The van der Waals surface area contributed by atoms with Gasteiger partial charge < -0.3 is 9.47 Å². The molecular formula is C24H28O4. The van der Waals surface area contributed by atoms with Crippen molar-refractivity contribution in [1.82, 2.24) is 0 Å². The molecular weight excluding hydrogens is 352 g/mol. The molecule has 0 saturated heterocycles. The smallest absolute Gasteiger partial charge is 0.338 e. The number of hydrogen-bond donors (Lipinski definition) is 0. The average Bonchev–Trinajstić information content (AvgIpc) is 2.75. The first-order valence-electron chi connectivity index (χ1n) is 10.2. The molecule has 148 valence electrons. The standard InChI is InChI=1S/C24H28O4/c25-23(20-12-6-2-7-13-20)27-17-16-22(18-19-10-4-1-5-11-19)28-24(26)21-14-8-3-9-15-21/h2-3,6-9,12-15,19,22H,1,4-5,10-11,16-18H2. The van der Waals surface area contributed by atoms with Crippen LogP contribution in [0.25, 0.3) is 0 Å². The van der Waals surface area contributed by atoms with Gasteiger partial charge in [-0.25, -0.2) is 9.59 Å². The lowest BCUT2D eigenvalue weighted by molar-refractivity contribution is 0.0109. The molecule has 4 heteroatoms. The Labute approximate surface area is 166 Å². The topological polar surface area (TPSA) is 52.6 Å². The summed E-state index contributed by atoms with van der Waals surface area (Å²) in [5.41, 5.74) is 1.09. The molecule has 3 rings (SSSR count). The highest BCUT2D eigenvalue weighted by molar-refractivity contribution is 5.89. The Morgan fingerprint density at radius 1 is 0.821 bits per heavy atom. The lowest BCUT2D eigenvalue weighted by Gasteiger charge is -2.26. The van der Waals surface area contributed by atoms with Crippen molar-refractivity contribution in [3.63, 3.8) is 0 Å². The van der Waals surface area contributed by atoms with Crippen molar-refractivity contribution in [3.05, 3.63) is 71.8 Å². The second-order valence-corrected chi connectivity index (χ2v) is 7.42. The molecule has 1 unspecified atom stereocenters. The summed E-state index contributed by atoms with van der Waals surface area (Å²) in [4.78, 5) is 24.6. The molecule has 0 amide bonds. The highest BCUT2D eigenvalue weighted by atomic mass is 16.6. The maximum absolute atomic E-state index is 12.5. The Balaban J connectivity index is 1.55. The molecule has 2 aromatic rings. The largest absolute Gasteiger partial charge is 0.462 e. The Hall–Kier alpha value is -2.62. The molecule has 2 aromatic carbocycles. The number of hydrogen-bond acceptors (Lipinski definition) is 4. The third-order valence-corrected chi connectivity index (χ3v) is 5.29. The molecule has 0 spiro atoms. The van der Waals surface area contributed by atoms with Crippen LogP contribution >= 0.6 is 0 Å². The van der Waals surface area contributed by atoms with Gasteiger partial charge in [0.05, 0.1) is 17.7 Å². The first kappa shape index (κ1) is 20.1. The predicted molar refractivity (Wildman–Crippen MR) is 108 cm³/mol. The van der Waals surface area contributed by atoms with E-state index in [0.717, 1.165) is 6.42 Å². The van der Waals surface area contributed by atoms with Crippen LogP contribution in [-0.2, 0) is 9.47 Å². The molecule has 0 N–H and O–H groups in total. The molecule has 0 aromatic heterocycles. The number of carbonyl (C=O) groups excluding carboxylic acids is 2. The quantitative estimate of drug-likeness (QED) is 0.573. The fourth-order valence-electron chi connectivity index (χ4n) is 3.75. The number of carbonyl (C=O) groups is 2. The third-order valence-electron chi connectivity index (χ3n) is 5.29. The van der Waals surface area contributed by atoms with Crippen LogP contribution < -0.4 is 0 Å². The van der Waals surface area contributed by atoms with Gasteiger partial charge in [0.2, 0.25) is 0 Å². The van der Waals surface area contributed by atoms with E-state index < -0.39 is 0 Å². The van der Waals surface area contributed by atoms with Crippen LogP contribution in [0.3, 0.4) is 0 Å². The molecule has 0 heterocycles. The number of benzene rings is 2. The minimum Gasteiger partial charge on any atom is -0.462 e. The highest BCUT2D eigenvalue weighted by Gasteiger charge is 2.23. The van der Waals surface area contributed by atoms with Gasteiger partial charge in [0.25, 0.3) is 0 Å². The van der Waals surface area contributed by atoms with Gasteiger partial charge in [-0.1, -0.05) is 68.5 Å². The van der Waals surface area contributed by atoms with E-state index >= 15 is 0 Å². The summed E-state index contributed by atoms with van der Waals surface area (Å²) < 4.78 is 11.2. The Kier molecular flexibility index (Phi) is 7.65. The fourth-order valence-corrected chi connectivity index (χ4v) is 3.75. The van der Waals surface area contributed by atoms with E-state index in [9.17, 15) is 9.59 Å². The zero-order valence-electron chi connectivity index (χ0n) is 16.2. The number of esters is 2. The summed E-state index contributed by atoms with van der Waals surface area (Å²) in [6.07, 6.45) is 7.26. The monoisotopic (exact) mass is 380 g/mol. The molecule has 1 saturated carbocycles. The molecule has 1 aliphatic rings. The average molecular weight is 380 g/mol. The molecule has 0 bridgehead atoms. The van der Waals surface area contributed by atoms with Crippen LogP contribution in [0.4, 0.5) is 0 Å². The molecule has 1 aliphatic carbocycles. The van der Waals surface area contributed by atoms with Gasteiger partial charge in [0.15, 0.2) is 0 Å². The van der Waals surface area contributed by atoms with E-state index in [1.807, 2.05) is 36.4 Å². The van der Waals surface area contributed by atoms with Crippen molar-refractivity contribution in [2.24, 2.45) is 5.92 Å². The molecule has 1 atom stereocenters. The van der Waals surface area contributed by atoms with Gasteiger partial charge in [-0.15, -0.1) is 0 Å². The summed E-state index contributed by atoms with van der Waals surface area (Å²) in [5.74, 6) is -0.0747. The molecule has 0 radical (unpaired) electrons. The molecule has 1 fully saturated rings. The van der Waals surface area contributed by atoms with Crippen molar-refractivity contribution < 1.29 is 19.1 Å². The van der Waals surface area contributed by atoms with Gasteiger partial charge in [0, 0.05) is 6.42 Å². The first-order valence-corrected chi connectivity index (χ1v) is 10.2. The zero-order valence-corrected chi connectivity index (χ0v) is 16.2. The zero-order chi connectivity index (χ0) is 19.6. The third kappa shape index (κ3) is 6.22. The Morgan fingerprint density at radius 2 is 1.39 bits per heavy atom.